The summed E-state index contributed by atoms with van der Waals surface area (Å²) >= 11 is 4.71. The van der Waals surface area contributed by atoms with E-state index in [0.29, 0.717) is 0 Å². The van der Waals surface area contributed by atoms with Crippen LogP contribution in [0.1, 0.15) is 0 Å². The Kier molecular flexibility index (Phi) is 2.47. The molecule has 0 radical (unpaired) electrons. The average Bonchev–Trinajstić information content (AvgIpc) is 1.98. The fourth-order valence-corrected chi connectivity index (χ4v) is 1.89. The third-order valence-corrected chi connectivity index (χ3v) is 4.97. The maximum Gasteiger partial charge on any atom is 0.107 e. The van der Waals surface area contributed by atoms with Crippen LogP contribution in [0.15, 0.2) is 7.41 Å². The highest BCUT2D eigenvalue weighted by atomic mass is 127. The third-order valence-electron chi connectivity index (χ3n) is 1.26. The van der Waals surface area contributed by atoms with Gasteiger partial charge < -0.3 is 9.80 Å². The molecule has 2 nitrogen and oxygen atoms in total. The molecule has 9 heavy (non-hydrogen) atoms. The van der Waals surface area contributed by atoms with Gasteiger partial charge in [0.25, 0.3) is 0 Å². The van der Waals surface area contributed by atoms with Gasteiger partial charge in [-0.25, -0.2) is 0 Å². The smallest absolute Gasteiger partial charge is 0.107 e. The minimum absolute atomic E-state index is 1.02. The summed E-state index contributed by atoms with van der Waals surface area (Å²) in [6.07, 6.45) is 0. The number of halogens is 2. The van der Waals surface area contributed by atoms with E-state index in [0.717, 1.165) is 6.67 Å². The van der Waals surface area contributed by atoms with E-state index >= 15 is 0 Å². The second-order valence-electron chi connectivity index (χ2n) is 2.12. The summed E-state index contributed by atoms with van der Waals surface area (Å²) in [5, 5.41) is 0. The summed E-state index contributed by atoms with van der Waals surface area (Å²) in [7, 11) is 4.20. The van der Waals surface area contributed by atoms with Gasteiger partial charge in [-0.15, -0.1) is 0 Å². The standard InChI is InChI=1S/C5H8I2N2/c1-8-3-9(2)5(7)4(8)6/h3H2,1-2H3. The first-order valence-corrected chi connectivity index (χ1v) is 4.76. The van der Waals surface area contributed by atoms with E-state index < -0.39 is 0 Å². The Labute approximate surface area is 82.5 Å². The Balaban J connectivity index is 2.79. The Morgan fingerprint density at radius 2 is 1.44 bits per heavy atom. The normalized spacial score (nSPS) is 20.0. The first-order chi connectivity index (χ1) is 4.13. The Morgan fingerprint density at radius 1 is 1.11 bits per heavy atom. The zero-order valence-electron chi connectivity index (χ0n) is 5.36. The molecule has 0 unspecified atom stereocenters. The Bertz CT molecular complexity index is 139. The van der Waals surface area contributed by atoms with Crippen molar-refractivity contribution in [2.45, 2.75) is 0 Å². The monoisotopic (exact) mass is 350 g/mol. The van der Waals surface area contributed by atoms with Crippen LogP contribution in [0.2, 0.25) is 0 Å². The molecular weight excluding hydrogens is 342 g/mol. The highest BCUT2D eigenvalue weighted by Crippen LogP contribution is 2.29. The molecule has 52 valence electrons. The molecule has 0 bridgehead atoms. The van der Waals surface area contributed by atoms with Gasteiger partial charge in [-0.3, -0.25) is 0 Å². The van der Waals surface area contributed by atoms with Crippen LogP contribution in [0.25, 0.3) is 0 Å². The fourth-order valence-electron chi connectivity index (χ4n) is 0.757. The summed E-state index contributed by atoms with van der Waals surface area (Å²) in [6.45, 7) is 1.02. The van der Waals surface area contributed by atoms with Crippen molar-refractivity contribution in [3.63, 3.8) is 0 Å². The van der Waals surface area contributed by atoms with Crippen LogP contribution in [0.4, 0.5) is 0 Å². The SMILES string of the molecule is CN1CN(C)C(I)=C1I. The lowest BCUT2D eigenvalue weighted by Crippen LogP contribution is -2.19. The second kappa shape index (κ2) is 2.81. The van der Waals surface area contributed by atoms with Crippen molar-refractivity contribution in [2.24, 2.45) is 0 Å². The van der Waals surface area contributed by atoms with Crippen molar-refractivity contribution in [3.8, 4) is 0 Å². The molecule has 1 rings (SSSR count). The van der Waals surface area contributed by atoms with E-state index in [2.05, 4.69) is 69.1 Å². The van der Waals surface area contributed by atoms with Gasteiger partial charge in [0.15, 0.2) is 0 Å². The molecule has 1 aliphatic rings. The van der Waals surface area contributed by atoms with Crippen LogP contribution in [0.3, 0.4) is 0 Å². The summed E-state index contributed by atoms with van der Waals surface area (Å²) in [5.41, 5.74) is 0. The van der Waals surface area contributed by atoms with Crippen LogP contribution in [0.5, 0.6) is 0 Å². The van der Waals surface area contributed by atoms with Crippen molar-refractivity contribution in [3.05, 3.63) is 7.41 Å². The molecular formula is C5H8I2N2. The van der Waals surface area contributed by atoms with Gasteiger partial charge in [-0.1, -0.05) is 0 Å². The van der Waals surface area contributed by atoms with Crippen LogP contribution in [-0.2, 0) is 0 Å². The molecule has 0 aromatic heterocycles. The number of nitrogens with zero attached hydrogens (tertiary/aromatic N) is 2. The first-order valence-electron chi connectivity index (χ1n) is 2.60. The maximum atomic E-state index is 2.36. The molecule has 1 heterocycles. The molecule has 0 N–H and O–H groups in total. The topological polar surface area (TPSA) is 6.48 Å². The predicted molar refractivity (Wildman–Crippen MR) is 55.5 cm³/mol. The lowest BCUT2D eigenvalue weighted by atomic mass is 10.9. The quantitative estimate of drug-likeness (QED) is 0.486. The highest BCUT2D eigenvalue weighted by molar-refractivity contribution is 14.1. The molecule has 0 amide bonds. The molecule has 4 heteroatoms. The molecule has 0 fully saturated rings. The van der Waals surface area contributed by atoms with Crippen molar-refractivity contribution >= 4 is 45.2 Å². The second-order valence-corrected chi connectivity index (χ2v) is 4.16. The Morgan fingerprint density at radius 3 is 1.56 bits per heavy atom. The van der Waals surface area contributed by atoms with Gasteiger partial charge >= 0.3 is 0 Å². The molecule has 0 aliphatic carbocycles. The summed E-state index contributed by atoms with van der Waals surface area (Å²) in [6, 6.07) is 0. The van der Waals surface area contributed by atoms with E-state index in [1.165, 1.54) is 7.41 Å². The van der Waals surface area contributed by atoms with Gasteiger partial charge in [0.05, 0.1) is 6.67 Å². The molecule has 0 saturated carbocycles. The van der Waals surface area contributed by atoms with Gasteiger partial charge in [0.1, 0.15) is 7.41 Å². The van der Waals surface area contributed by atoms with Crippen molar-refractivity contribution in [1.82, 2.24) is 9.80 Å². The average molecular weight is 350 g/mol. The molecule has 0 aromatic carbocycles. The van der Waals surface area contributed by atoms with Crippen molar-refractivity contribution in [1.29, 1.82) is 0 Å². The summed E-state index contributed by atoms with van der Waals surface area (Å²) < 4.78 is 2.69. The summed E-state index contributed by atoms with van der Waals surface area (Å²) in [4.78, 5) is 4.45. The number of hydrogen-bond donors (Lipinski definition) is 0. The number of rotatable bonds is 0. The zero-order chi connectivity index (χ0) is 7.02. The molecule has 0 atom stereocenters. The van der Waals surface area contributed by atoms with Gasteiger partial charge in [0, 0.05) is 14.1 Å². The van der Waals surface area contributed by atoms with E-state index in [9.17, 15) is 0 Å². The van der Waals surface area contributed by atoms with Crippen LogP contribution >= 0.6 is 45.2 Å². The van der Waals surface area contributed by atoms with Gasteiger partial charge in [-0.2, -0.15) is 0 Å². The third kappa shape index (κ3) is 1.44. The first kappa shape index (κ1) is 7.90. The van der Waals surface area contributed by atoms with Gasteiger partial charge in [0.2, 0.25) is 0 Å². The van der Waals surface area contributed by atoms with E-state index in [-0.39, 0.29) is 0 Å². The van der Waals surface area contributed by atoms with E-state index in [1.807, 2.05) is 0 Å². The largest absolute Gasteiger partial charge is 0.350 e. The fraction of sp³-hybridized carbons (Fsp3) is 0.600. The number of hydrogen-bond acceptors (Lipinski definition) is 2. The zero-order valence-corrected chi connectivity index (χ0v) is 9.67. The van der Waals surface area contributed by atoms with Crippen LogP contribution in [-0.4, -0.2) is 30.6 Å². The van der Waals surface area contributed by atoms with Crippen molar-refractivity contribution in [2.75, 3.05) is 20.8 Å². The van der Waals surface area contributed by atoms with Crippen LogP contribution < -0.4 is 0 Å². The molecule has 1 aliphatic heterocycles. The molecule has 0 spiro atoms. The van der Waals surface area contributed by atoms with Crippen LogP contribution in [0, 0.1) is 0 Å². The van der Waals surface area contributed by atoms with Gasteiger partial charge in [-0.05, 0) is 45.2 Å². The van der Waals surface area contributed by atoms with Crippen molar-refractivity contribution < 1.29 is 0 Å². The lowest BCUT2D eigenvalue weighted by molar-refractivity contribution is 0.336. The molecule has 0 saturated heterocycles. The lowest BCUT2D eigenvalue weighted by Gasteiger charge is -2.13. The highest BCUT2D eigenvalue weighted by Gasteiger charge is 2.18. The predicted octanol–water partition coefficient (Wildman–Crippen LogP) is 1.82. The van der Waals surface area contributed by atoms with E-state index in [4.69, 9.17) is 0 Å². The summed E-state index contributed by atoms with van der Waals surface area (Å²) in [5.74, 6) is 0. The minimum Gasteiger partial charge on any atom is -0.350 e. The maximum absolute atomic E-state index is 2.36. The molecule has 0 aromatic rings. The minimum atomic E-state index is 1.02. The van der Waals surface area contributed by atoms with E-state index in [1.54, 1.807) is 0 Å². The Hall–Kier alpha value is 0.800.